The molecule has 0 aliphatic carbocycles. The Hall–Kier alpha value is -0.750. The van der Waals surface area contributed by atoms with Crippen molar-refractivity contribution in [2.45, 2.75) is 18.6 Å². The van der Waals surface area contributed by atoms with E-state index in [0.29, 0.717) is 4.47 Å². The fourth-order valence-corrected chi connectivity index (χ4v) is 1.56. The quantitative estimate of drug-likeness (QED) is 0.876. The van der Waals surface area contributed by atoms with Crippen molar-refractivity contribution in [3.05, 3.63) is 28.2 Å². The number of phenols is 1. The van der Waals surface area contributed by atoms with Crippen molar-refractivity contribution in [2.75, 3.05) is 0 Å². The molecule has 0 bridgehead atoms. The molecule has 15 heavy (non-hydrogen) atoms. The van der Waals surface area contributed by atoms with Crippen molar-refractivity contribution >= 4 is 15.9 Å². The van der Waals surface area contributed by atoms with Crippen LogP contribution in [-0.2, 0) is 0 Å². The highest BCUT2D eigenvalue weighted by molar-refractivity contribution is 9.10. The van der Waals surface area contributed by atoms with Gasteiger partial charge in [0.1, 0.15) is 5.75 Å². The summed E-state index contributed by atoms with van der Waals surface area (Å²) in [5.41, 5.74) is 5.43. The number of benzene rings is 1. The second-order valence-corrected chi connectivity index (χ2v) is 4.04. The highest BCUT2D eigenvalue weighted by Crippen LogP contribution is 2.33. The van der Waals surface area contributed by atoms with Crippen LogP contribution in [0, 0.1) is 0 Å². The summed E-state index contributed by atoms with van der Waals surface area (Å²) >= 11 is 3.10. The van der Waals surface area contributed by atoms with E-state index in [2.05, 4.69) is 15.9 Å². The number of hydrogen-bond donors (Lipinski definition) is 2. The van der Waals surface area contributed by atoms with Gasteiger partial charge in [0.25, 0.3) is 0 Å². The molecule has 1 atom stereocenters. The van der Waals surface area contributed by atoms with Gasteiger partial charge in [-0.05, 0) is 18.2 Å². The lowest BCUT2D eigenvalue weighted by Crippen LogP contribution is -2.20. The molecule has 0 heterocycles. The first-order valence-electron chi connectivity index (χ1n) is 4.10. The Morgan fingerprint density at radius 1 is 1.40 bits per heavy atom. The molecule has 0 aliphatic heterocycles. The fraction of sp³-hybridized carbons (Fsp3) is 0.333. The van der Waals surface area contributed by atoms with Gasteiger partial charge in [-0.1, -0.05) is 15.9 Å². The van der Waals surface area contributed by atoms with Gasteiger partial charge in [0.2, 0.25) is 0 Å². The molecule has 0 spiro atoms. The minimum Gasteiger partial charge on any atom is -0.508 e. The second-order valence-electron chi connectivity index (χ2n) is 3.13. The first-order chi connectivity index (χ1) is 6.79. The average Bonchev–Trinajstić information content (AvgIpc) is 2.06. The van der Waals surface area contributed by atoms with E-state index in [1.165, 1.54) is 18.2 Å². The van der Waals surface area contributed by atoms with Gasteiger partial charge >= 0.3 is 6.18 Å². The fourth-order valence-electron chi connectivity index (χ4n) is 1.18. The number of nitrogens with two attached hydrogens (primary N) is 1. The lowest BCUT2D eigenvalue weighted by Gasteiger charge is -2.15. The molecule has 0 radical (unpaired) electrons. The molecule has 1 rings (SSSR count). The van der Waals surface area contributed by atoms with E-state index in [-0.39, 0.29) is 11.3 Å². The summed E-state index contributed by atoms with van der Waals surface area (Å²) in [4.78, 5) is 0. The first-order valence-corrected chi connectivity index (χ1v) is 4.89. The monoisotopic (exact) mass is 283 g/mol. The molecule has 0 unspecified atom stereocenters. The summed E-state index contributed by atoms with van der Waals surface area (Å²) in [5.74, 6) is -0.227. The Bertz CT molecular complexity index is 354. The number of aromatic hydroxyl groups is 1. The van der Waals surface area contributed by atoms with Crippen LogP contribution in [0.2, 0.25) is 0 Å². The lowest BCUT2D eigenvalue weighted by atomic mass is 10.0. The molecule has 0 aliphatic rings. The summed E-state index contributed by atoms with van der Waals surface area (Å²) in [7, 11) is 0. The summed E-state index contributed by atoms with van der Waals surface area (Å²) in [6.45, 7) is 0. The molecule has 84 valence electrons. The van der Waals surface area contributed by atoms with Crippen LogP contribution in [-0.4, -0.2) is 11.3 Å². The van der Waals surface area contributed by atoms with Crippen LogP contribution in [0.3, 0.4) is 0 Å². The molecular formula is C9H9BrF3NO. The zero-order chi connectivity index (χ0) is 11.6. The predicted octanol–water partition coefficient (Wildman–Crippen LogP) is 3.11. The van der Waals surface area contributed by atoms with Crippen LogP contribution >= 0.6 is 15.9 Å². The normalized spacial score (nSPS) is 13.9. The van der Waals surface area contributed by atoms with E-state index in [1.807, 2.05) is 0 Å². The standard InChI is InChI=1S/C9H9BrF3NO/c10-5-1-2-8(15)6(3-5)7(14)4-9(11,12)13/h1-3,7,15H,4,14H2/t7-/m0/s1. The van der Waals surface area contributed by atoms with Gasteiger partial charge in [0.05, 0.1) is 6.42 Å². The van der Waals surface area contributed by atoms with Gasteiger partial charge in [-0.25, -0.2) is 0 Å². The molecule has 6 heteroatoms. The zero-order valence-electron chi connectivity index (χ0n) is 7.55. The molecule has 0 amide bonds. The zero-order valence-corrected chi connectivity index (χ0v) is 9.14. The maximum atomic E-state index is 12.1. The van der Waals surface area contributed by atoms with Crippen LogP contribution in [0.15, 0.2) is 22.7 Å². The minimum absolute atomic E-state index is 0.0849. The van der Waals surface area contributed by atoms with Gasteiger partial charge < -0.3 is 10.8 Å². The number of phenolic OH excluding ortho intramolecular Hbond substituents is 1. The topological polar surface area (TPSA) is 46.2 Å². The highest BCUT2D eigenvalue weighted by Gasteiger charge is 2.31. The Labute approximate surface area is 93.0 Å². The minimum atomic E-state index is -4.34. The lowest BCUT2D eigenvalue weighted by molar-refractivity contribution is -0.138. The van der Waals surface area contributed by atoms with Crippen LogP contribution < -0.4 is 5.73 Å². The molecular weight excluding hydrogens is 275 g/mol. The van der Waals surface area contributed by atoms with Crippen LogP contribution in [0.1, 0.15) is 18.0 Å². The van der Waals surface area contributed by atoms with Gasteiger partial charge in [-0.3, -0.25) is 0 Å². The molecule has 2 nitrogen and oxygen atoms in total. The van der Waals surface area contributed by atoms with Gasteiger partial charge in [0.15, 0.2) is 0 Å². The molecule has 3 N–H and O–H groups in total. The Morgan fingerprint density at radius 2 is 2.00 bits per heavy atom. The summed E-state index contributed by atoms with van der Waals surface area (Å²) in [6, 6.07) is 2.96. The summed E-state index contributed by atoms with van der Waals surface area (Å²) in [6.07, 6.45) is -5.49. The SMILES string of the molecule is N[C@@H](CC(F)(F)F)c1cc(Br)ccc1O. The van der Waals surface area contributed by atoms with E-state index in [9.17, 15) is 18.3 Å². The third kappa shape index (κ3) is 3.71. The van der Waals surface area contributed by atoms with Gasteiger partial charge in [-0.15, -0.1) is 0 Å². The van der Waals surface area contributed by atoms with E-state index >= 15 is 0 Å². The van der Waals surface area contributed by atoms with Crippen molar-refractivity contribution in [3.8, 4) is 5.75 Å². The van der Waals surface area contributed by atoms with Gasteiger partial charge in [0, 0.05) is 16.1 Å². The number of rotatable bonds is 2. The molecule has 0 fully saturated rings. The Balaban J connectivity index is 2.90. The smallest absolute Gasteiger partial charge is 0.390 e. The van der Waals surface area contributed by atoms with Crippen molar-refractivity contribution < 1.29 is 18.3 Å². The van der Waals surface area contributed by atoms with E-state index in [4.69, 9.17) is 5.73 Å². The largest absolute Gasteiger partial charge is 0.508 e. The molecule has 1 aromatic carbocycles. The van der Waals surface area contributed by atoms with E-state index < -0.39 is 18.6 Å². The number of alkyl halides is 3. The van der Waals surface area contributed by atoms with Gasteiger partial charge in [-0.2, -0.15) is 13.2 Å². The summed E-state index contributed by atoms with van der Waals surface area (Å²) < 4.78 is 36.7. The van der Waals surface area contributed by atoms with Crippen LogP contribution in [0.5, 0.6) is 5.75 Å². The predicted molar refractivity (Wildman–Crippen MR) is 53.4 cm³/mol. The van der Waals surface area contributed by atoms with Crippen molar-refractivity contribution in [3.63, 3.8) is 0 Å². The third-order valence-electron chi connectivity index (χ3n) is 1.84. The van der Waals surface area contributed by atoms with E-state index in [0.717, 1.165) is 0 Å². The molecule has 1 aromatic rings. The third-order valence-corrected chi connectivity index (χ3v) is 2.33. The summed E-state index contributed by atoms with van der Waals surface area (Å²) in [5, 5.41) is 9.33. The van der Waals surface area contributed by atoms with Crippen molar-refractivity contribution in [1.82, 2.24) is 0 Å². The molecule has 0 saturated carbocycles. The first kappa shape index (κ1) is 12.3. The number of hydrogen-bond acceptors (Lipinski definition) is 2. The Kier molecular flexibility index (Phi) is 3.62. The average molecular weight is 284 g/mol. The van der Waals surface area contributed by atoms with E-state index in [1.54, 1.807) is 0 Å². The maximum Gasteiger partial charge on any atom is 0.390 e. The Morgan fingerprint density at radius 3 is 2.53 bits per heavy atom. The maximum absolute atomic E-state index is 12.1. The molecule has 0 aromatic heterocycles. The van der Waals surface area contributed by atoms with Crippen LogP contribution in [0.4, 0.5) is 13.2 Å². The van der Waals surface area contributed by atoms with Crippen molar-refractivity contribution in [2.24, 2.45) is 5.73 Å². The second kappa shape index (κ2) is 4.40. The number of halogens is 4. The van der Waals surface area contributed by atoms with Crippen LogP contribution in [0.25, 0.3) is 0 Å². The highest BCUT2D eigenvalue weighted by atomic mass is 79.9. The van der Waals surface area contributed by atoms with Crippen molar-refractivity contribution in [1.29, 1.82) is 0 Å². The molecule has 0 saturated heterocycles.